The molecule has 0 amide bonds. The highest BCUT2D eigenvalue weighted by molar-refractivity contribution is 4.99. The van der Waals surface area contributed by atoms with E-state index >= 15 is 0 Å². The van der Waals surface area contributed by atoms with Gasteiger partial charge in [0.1, 0.15) is 11.9 Å². The smallest absolute Gasteiger partial charge is 0.161 e. The van der Waals surface area contributed by atoms with Gasteiger partial charge in [-0.25, -0.2) is 0 Å². The summed E-state index contributed by atoms with van der Waals surface area (Å²) in [7, 11) is 1.68. The Morgan fingerprint density at radius 2 is 2.00 bits per heavy atom. The van der Waals surface area contributed by atoms with Crippen LogP contribution in [0.4, 0.5) is 0 Å². The van der Waals surface area contributed by atoms with E-state index in [4.69, 9.17) is 9.47 Å². The van der Waals surface area contributed by atoms with E-state index in [1.165, 1.54) is 25.7 Å². The third kappa shape index (κ3) is 3.29. The summed E-state index contributed by atoms with van der Waals surface area (Å²) >= 11 is 0. The van der Waals surface area contributed by atoms with Crippen LogP contribution in [0.15, 0.2) is 0 Å². The number of aryl methyl sites for hydroxylation is 1. The van der Waals surface area contributed by atoms with E-state index in [9.17, 15) is 0 Å². The summed E-state index contributed by atoms with van der Waals surface area (Å²) in [4.78, 5) is 0. The van der Waals surface area contributed by atoms with Crippen molar-refractivity contribution in [1.82, 2.24) is 14.8 Å². The van der Waals surface area contributed by atoms with Gasteiger partial charge in [-0.2, -0.15) is 0 Å². The van der Waals surface area contributed by atoms with Crippen LogP contribution in [0.5, 0.6) is 0 Å². The van der Waals surface area contributed by atoms with Crippen LogP contribution in [0.1, 0.15) is 50.4 Å². The number of hydrogen-bond acceptors (Lipinski definition) is 4. The van der Waals surface area contributed by atoms with Gasteiger partial charge >= 0.3 is 0 Å². The van der Waals surface area contributed by atoms with Gasteiger partial charge in [-0.1, -0.05) is 12.8 Å². The first-order valence-corrected chi connectivity index (χ1v) is 6.85. The fraction of sp³-hybridized carbons (Fsp3) is 0.846. The predicted octanol–water partition coefficient (Wildman–Crippen LogP) is 2.12. The van der Waals surface area contributed by atoms with Crippen molar-refractivity contribution < 1.29 is 9.47 Å². The van der Waals surface area contributed by atoms with Crippen molar-refractivity contribution in [2.75, 3.05) is 20.3 Å². The minimum atomic E-state index is -0.0131. The standard InChI is InChI=1S/C13H23N3O2/c1-11(18-10-9-17-2)13-15-14-12-7-5-3-4-6-8-16(12)13/h11H,3-10H2,1-2H3. The van der Waals surface area contributed by atoms with Crippen molar-refractivity contribution in [3.63, 3.8) is 0 Å². The largest absolute Gasteiger partial charge is 0.382 e. The van der Waals surface area contributed by atoms with E-state index < -0.39 is 0 Å². The molecule has 1 atom stereocenters. The van der Waals surface area contributed by atoms with Gasteiger partial charge in [-0.3, -0.25) is 0 Å². The average Bonchev–Trinajstić information content (AvgIpc) is 2.71. The van der Waals surface area contributed by atoms with Crippen LogP contribution in [-0.2, 0) is 22.4 Å². The first-order chi connectivity index (χ1) is 8.83. The molecule has 5 heteroatoms. The van der Waals surface area contributed by atoms with E-state index in [0.29, 0.717) is 13.2 Å². The lowest BCUT2D eigenvalue weighted by Gasteiger charge is -2.17. The van der Waals surface area contributed by atoms with Crippen LogP contribution in [0.2, 0.25) is 0 Å². The van der Waals surface area contributed by atoms with Crippen LogP contribution in [0, 0.1) is 0 Å². The Morgan fingerprint density at radius 3 is 2.83 bits per heavy atom. The highest BCUT2D eigenvalue weighted by Crippen LogP contribution is 2.20. The van der Waals surface area contributed by atoms with E-state index in [-0.39, 0.29) is 6.10 Å². The predicted molar refractivity (Wildman–Crippen MR) is 68.4 cm³/mol. The minimum Gasteiger partial charge on any atom is -0.382 e. The summed E-state index contributed by atoms with van der Waals surface area (Å²) in [5, 5.41) is 8.62. The van der Waals surface area contributed by atoms with Gasteiger partial charge in [0.25, 0.3) is 0 Å². The van der Waals surface area contributed by atoms with E-state index in [0.717, 1.165) is 24.6 Å². The molecule has 1 aromatic heterocycles. The zero-order valence-corrected chi connectivity index (χ0v) is 11.4. The topological polar surface area (TPSA) is 49.2 Å². The highest BCUT2D eigenvalue weighted by Gasteiger charge is 2.18. The Balaban J connectivity index is 2.03. The molecule has 102 valence electrons. The molecule has 1 unspecified atom stereocenters. The van der Waals surface area contributed by atoms with Crippen LogP contribution in [0.3, 0.4) is 0 Å². The van der Waals surface area contributed by atoms with Crippen molar-refractivity contribution in [3.8, 4) is 0 Å². The second kappa shape index (κ2) is 6.85. The molecule has 0 fully saturated rings. The van der Waals surface area contributed by atoms with Crippen molar-refractivity contribution in [2.45, 2.75) is 51.7 Å². The van der Waals surface area contributed by atoms with Gasteiger partial charge < -0.3 is 14.0 Å². The second-order valence-electron chi connectivity index (χ2n) is 4.80. The molecule has 0 N–H and O–H groups in total. The molecule has 0 aromatic carbocycles. The number of nitrogens with zero attached hydrogens (tertiary/aromatic N) is 3. The summed E-state index contributed by atoms with van der Waals surface area (Å²) in [6, 6.07) is 0. The number of rotatable bonds is 5. The molecule has 0 bridgehead atoms. The molecule has 5 nitrogen and oxygen atoms in total. The minimum absolute atomic E-state index is 0.0131. The first kappa shape index (κ1) is 13.5. The monoisotopic (exact) mass is 253 g/mol. The molecule has 0 aliphatic carbocycles. The summed E-state index contributed by atoms with van der Waals surface area (Å²) in [6.45, 7) is 4.27. The van der Waals surface area contributed by atoms with Crippen molar-refractivity contribution in [2.24, 2.45) is 0 Å². The van der Waals surface area contributed by atoms with Crippen molar-refractivity contribution in [1.29, 1.82) is 0 Å². The summed E-state index contributed by atoms with van der Waals surface area (Å²) in [6.07, 6.45) is 6.07. The molecule has 2 rings (SSSR count). The lowest BCUT2D eigenvalue weighted by atomic mass is 10.1. The van der Waals surface area contributed by atoms with Crippen molar-refractivity contribution >= 4 is 0 Å². The molecule has 0 saturated heterocycles. The van der Waals surface area contributed by atoms with Gasteiger partial charge in [-0.05, 0) is 19.8 Å². The van der Waals surface area contributed by atoms with Gasteiger partial charge in [0.05, 0.1) is 13.2 Å². The molecule has 1 aliphatic heterocycles. The zero-order chi connectivity index (χ0) is 12.8. The molecular weight excluding hydrogens is 230 g/mol. The van der Waals surface area contributed by atoms with Gasteiger partial charge in [0, 0.05) is 20.1 Å². The Labute approximate surface area is 108 Å². The van der Waals surface area contributed by atoms with Crippen LogP contribution in [0.25, 0.3) is 0 Å². The molecule has 18 heavy (non-hydrogen) atoms. The van der Waals surface area contributed by atoms with E-state index in [2.05, 4.69) is 14.8 Å². The van der Waals surface area contributed by atoms with E-state index in [1.807, 2.05) is 6.92 Å². The third-order valence-electron chi connectivity index (χ3n) is 3.41. The molecule has 2 heterocycles. The van der Waals surface area contributed by atoms with Gasteiger partial charge in [0.15, 0.2) is 5.82 Å². The fourth-order valence-electron chi connectivity index (χ4n) is 2.37. The Hall–Kier alpha value is -0.940. The maximum Gasteiger partial charge on any atom is 0.161 e. The molecule has 1 aliphatic rings. The normalized spacial score (nSPS) is 17.9. The maximum absolute atomic E-state index is 5.72. The average molecular weight is 253 g/mol. The van der Waals surface area contributed by atoms with Crippen LogP contribution < -0.4 is 0 Å². The maximum atomic E-state index is 5.72. The molecule has 0 radical (unpaired) electrons. The quantitative estimate of drug-likeness (QED) is 0.754. The number of ether oxygens (including phenoxy) is 2. The van der Waals surface area contributed by atoms with Crippen molar-refractivity contribution in [3.05, 3.63) is 11.6 Å². The third-order valence-corrected chi connectivity index (χ3v) is 3.41. The Kier molecular flexibility index (Phi) is 5.13. The number of hydrogen-bond donors (Lipinski definition) is 0. The summed E-state index contributed by atoms with van der Waals surface area (Å²) < 4.78 is 13.0. The SMILES string of the molecule is COCCOC(C)c1nnc2n1CCCCCC2. The molecule has 0 saturated carbocycles. The molecule has 0 spiro atoms. The molecule has 1 aromatic rings. The Morgan fingerprint density at radius 1 is 1.17 bits per heavy atom. The fourth-order valence-corrected chi connectivity index (χ4v) is 2.37. The lowest BCUT2D eigenvalue weighted by Crippen LogP contribution is -2.15. The van der Waals surface area contributed by atoms with Crippen LogP contribution >= 0.6 is 0 Å². The van der Waals surface area contributed by atoms with Crippen LogP contribution in [-0.4, -0.2) is 35.1 Å². The number of methoxy groups -OCH3 is 1. The summed E-state index contributed by atoms with van der Waals surface area (Å²) in [5.41, 5.74) is 0. The van der Waals surface area contributed by atoms with Gasteiger partial charge in [0.2, 0.25) is 0 Å². The summed E-state index contributed by atoms with van der Waals surface area (Å²) in [5.74, 6) is 2.08. The molecular formula is C13H23N3O2. The lowest BCUT2D eigenvalue weighted by molar-refractivity contribution is 0.0195. The second-order valence-corrected chi connectivity index (χ2v) is 4.80. The number of aromatic nitrogens is 3. The number of fused-ring (bicyclic) bond motifs is 1. The highest BCUT2D eigenvalue weighted by atomic mass is 16.5. The van der Waals surface area contributed by atoms with Gasteiger partial charge in [-0.15, -0.1) is 10.2 Å². The first-order valence-electron chi connectivity index (χ1n) is 6.85. The Bertz CT molecular complexity index is 365. The van der Waals surface area contributed by atoms with E-state index in [1.54, 1.807) is 7.11 Å². The zero-order valence-electron chi connectivity index (χ0n) is 11.4.